The molecule has 3 aromatic rings. The Morgan fingerprint density at radius 2 is 1.93 bits per heavy atom. The van der Waals surface area contributed by atoms with Crippen molar-refractivity contribution in [1.29, 1.82) is 0 Å². The fourth-order valence-electron chi connectivity index (χ4n) is 2.39. The molecule has 0 spiro atoms. The summed E-state index contributed by atoms with van der Waals surface area (Å²) < 4.78 is 0. The minimum atomic E-state index is -0.159. The molecule has 140 valence electrons. The van der Waals surface area contributed by atoms with E-state index in [0.717, 1.165) is 24.2 Å². The molecular formula is C18H21N7OS. The van der Waals surface area contributed by atoms with Gasteiger partial charge in [-0.1, -0.05) is 42.8 Å². The number of nitrogen functional groups attached to an aromatic ring is 1. The highest BCUT2D eigenvalue weighted by atomic mass is 32.2. The van der Waals surface area contributed by atoms with Crippen LogP contribution in [0, 0.1) is 6.92 Å². The third-order valence-electron chi connectivity index (χ3n) is 3.62. The Hall–Kier alpha value is -2.94. The van der Waals surface area contributed by atoms with Crippen molar-refractivity contribution in [1.82, 2.24) is 24.9 Å². The van der Waals surface area contributed by atoms with Crippen LogP contribution in [0.5, 0.6) is 0 Å². The molecule has 0 radical (unpaired) electrons. The van der Waals surface area contributed by atoms with Crippen LogP contribution in [0.2, 0.25) is 0 Å². The zero-order valence-electron chi connectivity index (χ0n) is 15.2. The highest BCUT2D eigenvalue weighted by Gasteiger charge is 2.08. The van der Waals surface area contributed by atoms with Crippen molar-refractivity contribution < 1.29 is 0 Å². The number of benzene rings is 1. The lowest BCUT2D eigenvalue weighted by Crippen LogP contribution is -2.10. The van der Waals surface area contributed by atoms with Crippen molar-refractivity contribution in [3.63, 3.8) is 0 Å². The zero-order chi connectivity index (χ0) is 19.2. The maximum atomic E-state index is 11.8. The van der Waals surface area contributed by atoms with Gasteiger partial charge in [0.15, 0.2) is 5.16 Å². The van der Waals surface area contributed by atoms with Crippen LogP contribution < -0.4 is 16.6 Å². The van der Waals surface area contributed by atoms with Gasteiger partial charge in [0, 0.05) is 17.4 Å². The third-order valence-corrected chi connectivity index (χ3v) is 4.49. The van der Waals surface area contributed by atoms with Gasteiger partial charge in [-0.15, -0.1) is 0 Å². The topological polar surface area (TPSA) is 122 Å². The summed E-state index contributed by atoms with van der Waals surface area (Å²) >= 11 is 1.35. The van der Waals surface area contributed by atoms with E-state index in [0.29, 0.717) is 22.7 Å². The standard InChI is InChI=1S/C18H21N7OS/c1-3-4-13-9-15(26)24-18(21-13)27-10-14-22-16(19)25-17(23-14)20-12-7-5-11(2)6-8-12/h5-9H,3-4,10H2,1-2H3,(H,21,24,26)(H3,19,20,22,23,25). The first-order chi connectivity index (χ1) is 13.0. The van der Waals surface area contributed by atoms with Crippen LogP contribution in [0.25, 0.3) is 0 Å². The van der Waals surface area contributed by atoms with Gasteiger partial charge in [0.1, 0.15) is 5.82 Å². The van der Waals surface area contributed by atoms with Crippen molar-refractivity contribution in [3.05, 3.63) is 57.8 Å². The molecule has 0 aliphatic carbocycles. The lowest BCUT2D eigenvalue weighted by molar-refractivity contribution is 0.815. The molecule has 4 N–H and O–H groups in total. The van der Waals surface area contributed by atoms with Crippen LogP contribution in [0.4, 0.5) is 17.6 Å². The van der Waals surface area contributed by atoms with Gasteiger partial charge in [-0.2, -0.15) is 15.0 Å². The molecule has 0 saturated heterocycles. The van der Waals surface area contributed by atoms with Gasteiger partial charge in [0.05, 0.1) is 5.75 Å². The molecule has 27 heavy (non-hydrogen) atoms. The molecule has 0 amide bonds. The lowest BCUT2D eigenvalue weighted by atomic mass is 10.2. The van der Waals surface area contributed by atoms with E-state index in [1.807, 2.05) is 38.1 Å². The van der Waals surface area contributed by atoms with Gasteiger partial charge in [-0.05, 0) is 25.5 Å². The average Bonchev–Trinajstić information content (AvgIpc) is 2.61. The average molecular weight is 383 g/mol. The Kier molecular flexibility index (Phi) is 6.02. The van der Waals surface area contributed by atoms with E-state index < -0.39 is 0 Å². The van der Waals surface area contributed by atoms with Crippen LogP contribution in [-0.2, 0) is 12.2 Å². The number of aromatic amines is 1. The van der Waals surface area contributed by atoms with E-state index in [9.17, 15) is 4.79 Å². The molecule has 3 rings (SSSR count). The molecule has 2 heterocycles. The fraction of sp³-hybridized carbons (Fsp3) is 0.278. The van der Waals surface area contributed by atoms with Crippen molar-refractivity contribution in [2.75, 3.05) is 11.1 Å². The second kappa shape index (κ2) is 8.63. The van der Waals surface area contributed by atoms with Crippen molar-refractivity contribution >= 4 is 29.3 Å². The van der Waals surface area contributed by atoms with E-state index in [2.05, 4.69) is 30.2 Å². The lowest BCUT2D eigenvalue weighted by Gasteiger charge is -2.08. The molecule has 9 heteroatoms. The second-order valence-corrected chi connectivity index (χ2v) is 6.97. The minimum Gasteiger partial charge on any atom is -0.368 e. The number of hydrogen-bond donors (Lipinski definition) is 3. The second-order valence-electron chi connectivity index (χ2n) is 6.01. The van der Waals surface area contributed by atoms with Crippen molar-refractivity contribution in [2.24, 2.45) is 0 Å². The van der Waals surface area contributed by atoms with Gasteiger partial charge >= 0.3 is 0 Å². The van der Waals surface area contributed by atoms with Crippen molar-refractivity contribution in [3.8, 4) is 0 Å². The van der Waals surface area contributed by atoms with Gasteiger partial charge in [-0.3, -0.25) is 4.79 Å². The summed E-state index contributed by atoms with van der Waals surface area (Å²) in [6, 6.07) is 9.40. The molecule has 0 aliphatic rings. The summed E-state index contributed by atoms with van der Waals surface area (Å²) in [7, 11) is 0. The van der Waals surface area contributed by atoms with Crippen molar-refractivity contribution in [2.45, 2.75) is 37.6 Å². The van der Waals surface area contributed by atoms with Crippen LogP contribution >= 0.6 is 11.8 Å². The van der Waals surface area contributed by atoms with Gasteiger partial charge in [0.2, 0.25) is 11.9 Å². The van der Waals surface area contributed by atoms with Crippen LogP contribution in [0.15, 0.2) is 40.3 Å². The number of thioether (sulfide) groups is 1. The number of anilines is 3. The molecule has 8 nitrogen and oxygen atoms in total. The normalized spacial score (nSPS) is 10.7. The molecule has 1 aromatic carbocycles. The Morgan fingerprint density at radius 3 is 2.67 bits per heavy atom. The Morgan fingerprint density at radius 1 is 1.15 bits per heavy atom. The summed E-state index contributed by atoms with van der Waals surface area (Å²) in [5, 5.41) is 3.66. The quantitative estimate of drug-likeness (QED) is 0.420. The zero-order valence-corrected chi connectivity index (χ0v) is 16.0. The fourth-order valence-corrected chi connectivity index (χ4v) is 3.14. The highest BCUT2D eigenvalue weighted by Crippen LogP contribution is 2.19. The number of nitrogens with one attached hydrogen (secondary N) is 2. The maximum absolute atomic E-state index is 11.8. The monoisotopic (exact) mass is 383 g/mol. The number of nitrogens with two attached hydrogens (primary N) is 1. The largest absolute Gasteiger partial charge is 0.368 e. The van der Waals surface area contributed by atoms with E-state index in [-0.39, 0.29) is 11.5 Å². The molecule has 2 aromatic heterocycles. The molecule has 0 saturated carbocycles. The highest BCUT2D eigenvalue weighted by molar-refractivity contribution is 7.98. The Bertz CT molecular complexity index is 972. The van der Waals surface area contributed by atoms with Crippen LogP contribution in [0.3, 0.4) is 0 Å². The van der Waals surface area contributed by atoms with Crippen LogP contribution in [0.1, 0.15) is 30.4 Å². The summed E-state index contributed by atoms with van der Waals surface area (Å²) in [6.45, 7) is 4.07. The Balaban J connectivity index is 1.73. The first kappa shape index (κ1) is 18.8. The Labute approximate surface area is 161 Å². The number of nitrogens with zero attached hydrogens (tertiary/aromatic N) is 4. The van der Waals surface area contributed by atoms with E-state index >= 15 is 0 Å². The number of aromatic nitrogens is 5. The predicted molar refractivity (Wildman–Crippen MR) is 107 cm³/mol. The summed E-state index contributed by atoms with van der Waals surface area (Å²) in [5.74, 6) is 1.43. The number of H-pyrrole nitrogens is 1. The number of aryl methyl sites for hydroxylation is 2. The van der Waals surface area contributed by atoms with E-state index in [4.69, 9.17) is 5.73 Å². The molecule has 0 fully saturated rings. The number of rotatable bonds is 7. The summed E-state index contributed by atoms with van der Waals surface area (Å²) in [4.78, 5) is 31.6. The molecule has 0 atom stereocenters. The molecule has 0 aliphatic heterocycles. The first-order valence-electron chi connectivity index (χ1n) is 8.59. The van der Waals surface area contributed by atoms with Crippen LogP contribution in [-0.4, -0.2) is 24.9 Å². The smallest absolute Gasteiger partial charge is 0.251 e. The summed E-state index contributed by atoms with van der Waals surface area (Å²) in [6.07, 6.45) is 1.69. The molecule has 0 unspecified atom stereocenters. The maximum Gasteiger partial charge on any atom is 0.251 e. The predicted octanol–water partition coefficient (Wildman–Crippen LogP) is 2.83. The SMILES string of the molecule is CCCc1cc(=O)[nH]c(SCc2nc(N)nc(Nc3ccc(C)cc3)n2)n1. The van der Waals surface area contributed by atoms with E-state index in [1.165, 1.54) is 23.4 Å². The summed E-state index contributed by atoms with van der Waals surface area (Å²) in [5.41, 5.74) is 8.46. The van der Waals surface area contributed by atoms with Gasteiger partial charge in [-0.25, -0.2) is 4.98 Å². The van der Waals surface area contributed by atoms with Gasteiger partial charge in [0.25, 0.3) is 5.56 Å². The number of hydrogen-bond acceptors (Lipinski definition) is 8. The molecule has 0 bridgehead atoms. The third kappa shape index (κ3) is 5.52. The minimum absolute atomic E-state index is 0.136. The van der Waals surface area contributed by atoms with E-state index in [1.54, 1.807) is 0 Å². The van der Waals surface area contributed by atoms with Gasteiger partial charge < -0.3 is 16.0 Å². The first-order valence-corrected chi connectivity index (χ1v) is 9.57. The molecular weight excluding hydrogens is 362 g/mol.